The molecule has 1 heterocycles. The number of esters is 1. The number of hydrazone groups is 1. The van der Waals surface area contributed by atoms with Crippen LogP contribution in [0.2, 0.25) is 0 Å². The number of hydrogen-bond donors (Lipinski definition) is 2. The number of halogens is 1. The summed E-state index contributed by atoms with van der Waals surface area (Å²) in [6, 6.07) is 5.62. The van der Waals surface area contributed by atoms with Gasteiger partial charge in [0.1, 0.15) is 10.8 Å². The molecule has 1 aliphatic carbocycles. The Labute approximate surface area is 171 Å². The highest BCUT2D eigenvalue weighted by Gasteiger charge is 2.28. The molecule has 0 aliphatic heterocycles. The van der Waals surface area contributed by atoms with Crippen molar-refractivity contribution in [3.05, 3.63) is 51.7 Å². The van der Waals surface area contributed by atoms with E-state index in [2.05, 4.69) is 15.8 Å². The topological polar surface area (TPSA) is 96.9 Å². The molecule has 0 spiro atoms. The lowest BCUT2D eigenvalue weighted by molar-refractivity contribution is -0.136. The molecule has 3 rings (SSSR count). The van der Waals surface area contributed by atoms with Gasteiger partial charge in [-0.1, -0.05) is 12.1 Å². The maximum Gasteiger partial charge on any atom is 0.341 e. The van der Waals surface area contributed by atoms with Crippen molar-refractivity contribution >= 4 is 40.3 Å². The van der Waals surface area contributed by atoms with Crippen LogP contribution >= 0.6 is 11.3 Å². The maximum absolute atomic E-state index is 13.1. The number of fused-ring (bicyclic) bond motifs is 1. The predicted octanol–water partition coefficient (Wildman–Crippen LogP) is 3.03. The van der Waals surface area contributed by atoms with E-state index in [1.807, 2.05) is 0 Å². The van der Waals surface area contributed by atoms with Crippen LogP contribution in [-0.4, -0.2) is 30.6 Å². The lowest BCUT2D eigenvalue weighted by Gasteiger charge is -2.12. The SMILES string of the molecule is CCOC(=O)c1c(NC(=O)C(=O)N/N=C/c2cccc(F)c2)sc2c1CCCC2. The first-order valence-electron chi connectivity index (χ1n) is 9.21. The fourth-order valence-corrected chi connectivity index (χ4v) is 4.31. The number of amides is 2. The Morgan fingerprint density at radius 2 is 2.03 bits per heavy atom. The summed E-state index contributed by atoms with van der Waals surface area (Å²) < 4.78 is 18.2. The van der Waals surface area contributed by atoms with Crippen LogP contribution in [0.4, 0.5) is 9.39 Å². The number of carbonyl (C=O) groups excluding carboxylic acids is 3. The summed E-state index contributed by atoms with van der Waals surface area (Å²) in [5, 5.41) is 6.46. The number of nitrogens with one attached hydrogen (secondary N) is 2. The number of rotatable bonds is 5. The molecule has 0 saturated heterocycles. The van der Waals surface area contributed by atoms with Crippen molar-refractivity contribution < 1.29 is 23.5 Å². The average Bonchev–Trinajstić information content (AvgIpc) is 3.06. The van der Waals surface area contributed by atoms with Gasteiger partial charge < -0.3 is 10.1 Å². The zero-order chi connectivity index (χ0) is 20.8. The zero-order valence-electron chi connectivity index (χ0n) is 15.8. The van der Waals surface area contributed by atoms with Crippen LogP contribution in [-0.2, 0) is 27.2 Å². The first-order valence-corrected chi connectivity index (χ1v) is 10.0. The lowest BCUT2D eigenvalue weighted by Crippen LogP contribution is -2.32. The molecular formula is C20H20FN3O4S. The van der Waals surface area contributed by atoms with E-state index in [0.29, 0.717) is 16.1 Å². The van der Waals surface area contributed by atoms with Gasteiger partial charge in [0.25, 0.3) is 0 Å². The smallest absolute Gasteiger partial charge is 0.341 e. The number of aryl methyl sites for hydroxylation is 1. The Kier molecular flexibility index (Phi) is 6.71. The predicted molar refractivity (Wildman–Crippen MR) is 108 cm³/mol. The second kappa shape index (κ2) is 9.42. The molecule has 1 aromatic carbocycles. The van der Waals surface area contributed by atoms with Gasteiger partial charge in [-0.25, -0.2) is 14.6 Å². The van der Waals surface area contributed by atoms with E-state index in [4.69, 9.17) is 4.74 Å². The monoisotopic (exact) mass is 417 g/mol. The van der Waals surface area contributed by atoms with Crippen molar-refractivity contribution in [1.82, 2.24) is 5.43 Å². The highest BCUT2D eigenvalue weighted by atomic mass is 32.1. The Balaban J connectivity index is 1.70. The minimum atomic E-state index is -1.00. The highest BCUT2D eigenvalue weighted by molar-refractivity contribution is 7.17. The first kappa shape index (κ1) is 20.7. The van der Waals surface area contributed by atoms with E-state index in [1.54, 1.807) is 13.0 Å². The van der Waals surface area contributed by atoms with Crippen molar-refractivity contribution in [3.8, 4) is 0 Å². The first-order chi connectivity index (χ1) is 14.0. The average molecular weight is 417 g/mol. The molecule has 1 aliphatic rings. The van der Waals surface area contributed by atoms with E-state index in [0.717, 1.165) is 36.1 Å². The largest absolute Gasteiger partial charge is 0.462 e. The number of hydrogen-bond acceptors (Lipinski definition) is 6. The molecule has 9 heteroatoms. The van der Waals surface area contributed by atoms with Crippen LogP contribution in [0.1, 0.15) is 46.1 Å². The van der Waals surface area contributed by atoms with Gasteiger partial charge in [0.2, 0.25) is 0 Å². The quantitative estimate of drug-likeness (QED) is 0.338. The number of nitrogens with zero attached hydrogens (tertiary/aromatic N) is 1. The molecule has 1 aromatic heterocycles. The van der Waals surface area contributed by atoms with Gasteiger partial charge in [-0.05, 0) is 55.9 Å². The van der Waals surface area contributed by atoms with E-state index in [9.17, 15) is 18.8 Å². The molecule has 0 saturated carbocycles. The molecule has 152 valence electrons. The molecule has 2 amide bonds. The van der Waals surface area contributed by atoms with Crippen molar-refractivity contribution in [2.75, 3.05) is 11.9 Å². The summed E-state index contributed by atoms with van der Waals surface area (Å²) in [7, 11) is 0. The van der Waals surface area contributed by atoms with Crippen molar-refractivity contribution in [3.63, 3.8) is 0 Å². The number of thiophene rings is 1. The van der Waals surface area contributed by atoms with Gasteiger partial charge in [0.05, 0.1) is 18.4 Å². The molecule has 0 bridgehead atoms. The van der Waals surface area contributed by atoms with Crippen LogP contribution in [0.25, 0.3) is 0 Å². The summed E-state index contributed by atoms with van der Waals surface area (Å²) in [4.78, 5) is 37.7. The van der Waals surface area contributed by atoms with Crippen LogP contribution < -0.4 is 10.7 Å². The lowest BCUT2D eigenvalue weighted by atomic mass is 9.95. The maximum atomic E-state index is 13.1. The fraction of sp³-hybridized carbons (Fsp3) is 0.300. The standard InChI is InChI=1S/C20H20FN3O4S/c1-2-28-20(27)16-14-8-3-4-9-15(14)29-19(16)23-17(25)18(26)24-22-11-12-6-5-7-13(21)10-12/h5-7,10-11H,2-4,8-9H2,1H3,(H,23,25)(H,24,26)/b22-11+. The molecule has 0 atom stereocenters. The Hall–Kier alpha value is -3.07. The summed E-state index contributed by atoms with van der Waals surface area (Å²) in [5.41, 5.74) is 3.74. The van der Waals surface area contributed by atoms with Gasteiger partial charge in [-0.15, -0.1) is 11.3 Å². The summed E-state index contributed by atoms with van der Waals surface area (Å²) in [5.74, 6) is -2.90. The number of anilines is 1. The highest BCUT2D eigenvalue weighted by Crippen LogP contribution is 2.38. The third-order valence-corrected chi connectivity index (χ3v) is 5.52. The summed E-state index contributed by atoms with van der Waals surface area (Å²) in [6.45, 7) is 1.92. The molecule has 0 fully saturated rings. The molecule has 29 heavy (non-hydrogen) atoms. The van der Waals surface area contributed by atoms with Crippen molar-refractivity contribution in [1.29, 1.82) is 0 Å². The Morgan fingerprint density at radius 3 is 2.79 bits per heavy atom. The molecule has 0 unspecified atom stereocenters. The normalized spacial score (nSPS) is 13.0. The van der Waals surface area contributed by atoms with Gasteiger partial charge in [-0.2, -0.15) is 5.10 Å². The van der Waals surface area contributed by atoms with Crippen LogP contribution in [0.5, 0.6) is 0 Å². The zero-order valence-corrected chi connectivity index (χ0v) is 16.6. The molecule has 7 nitrogen and oxygen atoms in total. The third kappa shape index (κ3) is 5.05. The van der Waals surface area contributed by atoms with Crippen molar-refractivity contribution in [2.45, 2.75) is 32.6 Å². The number of ether oxygens (including phenoxy) is 1. The minimum Gasteiger partial charge on any atom is -0.462 e. The van der Waals surface area contributed by atoms with Gasteiger partial charge >= 0.3 is 17.8 Å². The second-order valence-corrected chi connectivity index (χ2v) is 7.45. The Morgan fingerprint density at radius 1 is 1.24 bits per heavy atom. The van der Waals surface area contributed by atoms with Gasteiger partial charge in [-0.3, -0.25) is 9.59 Å². The van der Waals surface area contributed by atoms with E-state index < -0.39 is 23.6 Å². The Bertz CT molecular complexity index is 971. The molecule has 2 aromatic rings. The minimum absolute atomic E-state index is 0.214. The van der Waals surface area contributed by atoms with E-state index >= 15 is 0 Å². The number of benzene rings is 1. The van der Waals surface area contributed by atoms with Crippen LogP contribution in [0.3, 0.4) is 0 Å². The van der Waals surface area contributed by atoms with Crippen LogP contribution in [0.15, 0.2) is 29.4 Å². The van der Waals surface area contributed by atoms with E-state index in [1.165, 1.54) is 35.8 Å². The molecule has 2 N–H and O–H groups in total. The number of carbonyl (C=O) groups is 3. The van der Waals surface area contributed by atoms with Gasteiger partial charge in [0, 0.05) is 4.88 Å². The molecular weight excluding hydrogens is 397 g/mol. The van der Waals surface area contributed by atoms with Crippen molar-refractivity contribution in [2.24, 2.45) is 5.10 Å². The summed E-state index contributed by atoms with van der Waals surface area (Å²) >= 11 is 1.29. The van der Waals surface area contributed by atoms with Crippen LogP contribution in [0, 0.1) is 5.82 Å². The third-order valence-electron chi connectivity index (χ3n) is 4.31. The van der Waals surface area contributed by atoms with Gasteiger partial charge in [0.15, 0.2) is 0 Å². The van der Waals surface area contributed by atoms with E-state index in [-0.39, 0.29) is 6.61 Å². The molecule has 0 radical (unpaired) electrons. The summed E-state index contributed by atoms with van der Waals surface area (Å²) in [6.07, 6.45) is 4.76. The second-order valence-electron chi connectivity index (χ2n) is 6.34. The fourth-order valence-electron chi connectivity index (χ4n) is 3.04.